The Hall–Kier alpha value is -3.20. The fraction of sp³-hybridized carbons (Fsp3) is 0.364. The number of benzene rings is 1. The summed E-state index contributed by atoms with van der Waals surface area (Å²) in [5.74, 6) is 2.66. The summed E-state index contributed by atoms with van der Waals surface area (Å²) >= 11 is 0. The van der Waals surface area contributed by atoms with E-state index in [4.69, 9.17) is 13.6 Å². The van der Waals surface area contributed by atoms with Gasteiger partial charge in [0.1, 0.15) is 24.2 Å². The predicted molar refractivity (Wildman–Crippen MR) is 105 cm³/mol. The maximum Gasteiger partial charge on any atom is 0.266 e. The smallest absolute Gasteiger partial charge is 0.266 e. The molecule has 0 aliphatic heterocycles. The largest absolute Gasteiger partial charge is 0.486 e. The van der Waals surface area contributed by atoms with Crippen molar-refractivity contribution in [2.24, 2.45) is 0 Å². The van der Waals surface area contributed by atoms with Gasteiger partial charge in [0.05, 0.1) is 0 Å². The van der Waals surface area contributed by atoms with Crippen LogP contribution in [0.2, 0.25) is 0 Å². The predicted octanol–water partition coefficient (Wildman–Crippen LogP) is 5.44. The summed E-state index contributed by atoms with van der Waals surface area (Å²) in [5, 5.41) is 12.7. The van der Waals surface area contributed by atoms with Gasteiger partial charge in [-0.25, -0.2) is 0 Å². The van der Waals surface area contributed by atoms with Crippen LogP contribution in [0.1, 0.15) is 49.1 Å². The van der Waals surface area contributed by atoms with E-state index in [1.165, 1.54) is 24.8 Å². The first-order chi connectivity index (χ1) is 13.7. The second kappa shape index (κ2) is 8.22. The van der Waals surface area contributed by atoms with Crippen LogP contribution >= 0.6 is 0 Å². The van der Waals surface area contributed by atoms with Gasteiger partial charge in [0, 0.05) is 6.04 Å². The van der Waals surface area contributed by atoms with Gasteiger partial charge in [-0.05, 0) is 44.0 Å². The van der Waals surface area contributed by atoms with Crippen molar-refractivity contribution in [1.82, 2.24) is 4.98 Å². The molecular formula is C22H23N3O3. The molecule has 0 saturated heterocycles. The lowest BCUT2D eigenvalue weighted by Gasteiger charge is -2.22. The Morgan fingerprint density at radius 1 is 1.11 bits per heavy atom. The van der Waals surface area contributed by atoms with Crippen molar-refractivity contribution < 1.29 is 13.6 Å². The highest BCUT2D eigenvalue weighted by Crippen LogP contribution is 2.29. The molecule has 4 rings (SSSR count). The number of oxazole rings is 1. The lowest BCUT2D eigenvalue weighted by Crippen LogP contribution is -2.22. The van der Waals surface area contributed by atoms with E-state index >= 15 is 0 Å². The first kappa shape index (κ1) is 18.2. The highest BCUT2D eigenvalue weighted by Gasteiger charge is 2.21. The standard InChI is InChI=1S/C22H23N3O3/c1-15-7-9-17(10-8-15)26-14-18-11-12-20(27-18)22-25-19(13-23)21(28-22)24-16-5-3-2-4-6-16/h7-12,16,24H,2-6,14H2,1H3. The van der Waals surface area contributed by atoms with Gasteiger partial charge in [0.2, 0.25) is 11.6 Å². The van der Waals surface area contributed by atoms with Crippen LogP contribution in [0.3, 0.4) is 0 Å². The molecule has 0 amide bonds. The number of hydrogen-bond donors (Lipinski definition) is 1. The van der Waals surface area contributed by atoms with E-state index in [-0.39, 0.29) is 5.69 Å². The average molecular weight is 377 g/mol. The van der Waals surface area contributed by atoms with Gasteiger partial charge in [-0.3, -0.25) is 0 Å². The van der Waals surface area contributed by atoms with Gasteiger partial charge in [0.25, 0.3) is 5.89 Å². The number of aryl methyl sites for hydroxylation is 1. The third-order valence-corrected chi connectivity index (χ3v) is 4.95. The van der Waals surface area contributed by atoms with Crippen LogP contribution in [0.4, 0.5) is 5.88 Å². The van der Waals surface area contributed by atoms with Crippen LogP contribution in [0, 0.1) is 18.3 Å². The van der Waals surface area contributed by atoms with Crippen molar-refractivity contribution >= 4 is 5.88 Å². The van der Waals surface area contributed by atoms with Crippen LogP contribution in [-0.4, -0.2) is 11.0 Å². The average Bonchev–Trinajstić information content (AvgIpc) is 3.35. The van der Waals surface area contributed by atoms with E-state index in [0.29, 0.717) is 35.9 Å². The number of furan rings is 1. The van der Waals surface area contributed by atoms with E-state index in [0.717, 1.165) is 18.6 Å². The molecule has 0 spiro atoms. The SMILES string of the molecule is Cc1ccc(OCc2ccc(-c3nc(C#N)c(NC4CCCCC4)o3)o2)cc1. The molecule has 2 heterocycles. The van der Waals surface area contributed by atoms with E-state index in [2.05, 4.69) is 16.4 Å². The number of aromatic nitrogens is 1. The summed E-state index contributed by atoms with van der Waals surface area (Å²) in [6, 6.07) is 13.9. The minimum absolute atomic E-state index is 0.259. The maximum absolute atomic E-state index is 9.38. The highest BCUT2D eigenvalue weighted by molar-refractivity contribution is 5.55. The van der Waals surface area contributed by atoms with Gasteiger partial charge >= 0.3 is 0 Å². The quantitative estimate of drug-likeness (QED) is 0.616. The van der Waals surface area contributed by atoms with Crippen molar-refractivity contribution in [1.29, 1.82) is 5.26 Å². The molecule has 1 aliphatic carbocycles. The summed E-state index contributed by atoms with van der Waals surface area (Å²) in [6.07, 6.45) is 5.83. The monoisotopic (exact) mass is 377 g/mol. The van der Waals surface area contributed by atoms with Crippen LogP contribution < -0.4 is 10.1 Å². The molecule has 1 aliphatic rings. The number of ether oxygens (including phenoxy) is 1. The first-order valence-electron chi connectivity index (χ1n) is 9.67. The summed E-state index contributed by atoms with van der Waals surface area (Å²) in [6.45, 7) is 2.34. The molecule has 1 aromatic carbocycles. The van der Waals surface area contributed by atoms with E-state index in [9.17, 15) is 5.26 Å². The fourth-order valence-corrected chi connectivity index (χ4v) is 3.39. The molecule has 3 aromatic rings. The lowest BCUT2D eigenvalue weighted by molar-refractivity contribution is 0.271. The summed E-state index contributed by atoms with van der Waals surface area (Å²) < 4.78 is 17.3. The van der Waals surface area contributed by atoms with E-state index in [1.54, 1.807) is 6.07 Å². The number of nitrogens with one attached hydrogen (secondary N) is 1. The molecule has 28 heavy (non-hydrogen) atoms. The molecule has 2 aromatic heterocycles. The zero-order chi connectivity index (χ0) is 19.3. The molecule has 1 fully saturated rings. The van der Waals surface area contributed by atoms with Crippen LogP contribution in [0.25, 0.3) is 11.7 Å². The maximum atomic E-state index is 9.38. The van der Waals surface area contributed by atoms with Crippen LogP contribution in [0.15, 0.2) is 45.2 Å². The summed E-state index contributed by atoms with van der Waals surface area (Å²) in [5.41, 5.74) is 1.44. The number of hydrogen-bond acceptors (Lipinski definition) is 6. The van der Waals surface area contributed by atoms with Crippen molar-refractivity contribution in [3.05, 3.63) is 53.4 Å². The number of anilines is 1. The Bertz CT molecular complexity index is 960. The Balaban J connectivity index is 1.44. The van der Waals surface area contributed by atoms with Gasteiger partial charge in [-0.1, -0.05) is 37.0 Å². The molecule has 6 heteroatoms. The van der Waals surface area contributed by atoms with Crippen molar-refractivity contribution in [2.75, 3.05) is 5.32 Å². The Morgan fingerprint density at radius 3 is 2.64 bits per heavy atom. The molecule has 1 N–H and O–H groups in total. The van der Waals surface area contributed by atoms with Gasteiger partial charge < -0.3 is 18.9 Å². The van der Waals surface area contributed by atoms with Crippen molar-refractivity contribution in [3.63, 3.8) is 0 Å². The topological polar surface area (TPSA) is 84.2 Å². The third-order valence-electron chi connectivity index (χ3n) is 4.95. The molecule has 6 nitrogen and oxygen atoms in total. The minimum Gasteiger partial charge on any atom is -0.486 e. The molecule has 1 saturated carbocycles. The van der Waals surface area contributed by atoms with Gasteiger partial charge in [0.15, 0.2) is 5.76 Å². The summed E-state index contributed by atoms with van der Waals surface area (Å²) in [4.78, 5) is 4.28. The second-order valence-electron chi connectivity index (χ2n) is 7.16. The fourth-order valence-electron chi connectivity index (χ4n) is 3.39. The summed E-state index contributed by atoms with van der Waals surface area (Å²) in [7, 11) is 0. The molecule has 144 valence electrons. The van der Waals surface area contributed by atoms with Crippen LogP contribution in [0.5, 0.6) is 5.75 Å². The van der Waals surface area contributed by atoms with Crippen LogP contribution in [-0.2, 0) is 6.61 Å². The second-order valence-corrected chi connectivity index (χ2v) is 7.16. The zero-order valence-electron chi connectivity index (χ0n) is 15.9. The Labute approximate surface area is 164 Å². The van der Waals surface area contributed by atoms with Gasteiger partial charge in [-0.15, -0.1) is 0 Å². The minimum atomic E-state index is 0.259. The molecule has 0 unspecified atom stereocenters. The van der Waals surface area contributed by atoms with E-state index < -0.39 is 0 Å². The Morgan fingerprint density at radius 2 is 1.89 bits per heavy atom. The Kier molecular flexibility index (Phi) is 5.34. The zero-order valence-corrected chi connectivity index (χ0v) is 15.9. The van der Waals surface area contributed by atoms with Gasteiger partial charge in [-0.2, -0.15) is 10.2 Å². The number of rotatable bonds is 6. The lowest BCUT2D eigenvalue weighted by atomic mass is 9.95. The molecule has 0 radical (unpaired) electrons. The molecule has 0 atom stereocenters. The number of nitriles is 1. The van der Waals surface area contributed by atoms with E-state index in [1.807, 2.05) is 37.3 Å². The highest BCUT2D eigenvalue weighted by atomic mass is 16.5. The molecule has 0 bridgehead atoms. The first-order valence-corrected chi connectivity index (χ1v) is 9.67. The normalized spacial score (nSPS) is 14.6. The van der Waals surface area contributed by atoms with Crippen molar-refractivity contribution in [3.8, 4) is 23.5 Å². The third kappa shape index (κ3) is 4.20. The number of nitrogens with zero attached hydrogens (tertiary/aromatic N) is 2. The van der Waals surface area contributed by atoms with Crippen molar-refractivity contribution in [2.45, 2.75) is 51.7 Å². The molecular weight excluding hydrogens is 354 g/mol.